The molecule has 0 aromatic heterocycles. The van der Waals surface area contributed by atoms with E-state index in [2.05, 4.69) is 26.8 Å². The third-order valence-electron chi connectivity index (χ3n) is 9.44. The second kappa shape index (κ2) is 11.8. The van der Waals surface area contributed by atoms with Crippen LogP contribution < -0.4 is 0 Å². The summed E-state index contributed by atoms with van der Waals surface area (Å²) < 4.78 is 6.18. The molecule has 1 aromatic rings. The molecule has 0 spiro atoms. The zero-order chi connectivity index (χ0) is 27.8. The molecule has 4 aliphatic rings. The summed E-state index contributed by atoms with van der Waals surface area (Å²) in [6.07, 6.45) is 10.1. The summed E-state index contributed by atoms with van der Waals surface area (Å²) in [6, 6.07) is 5.01. The Balaban J connectivity index is 1.42. The second-order valence-corrected chi connectivity index (χ2v) is 12.5. The summed E-state index contributed by atoms with van der Waals surface area (Å²) >= 11 is 6.36. The Morgan fingerprint density at radius 2 is 1.92 bits per heavy atom. The minimum absolute atomic E-state index is 0.00797. The average Bonchev–Trinajstić information content (AvgIpc) is 3.16. The van der Waals surface area contributed by atoms with Crippen molar-refractivity contribution in [2.45, 2.75) is 97.0 Å². The molecule has 2 heterocycles. The maximum atomic E-state index is 13.9. The summed E-state index contributed by atoms with van der Waals surface area (Å²) in [5.74, 6) is -0.528. The Kier molecular flexibility index (Phi) is 8.61. The molecule has 2 saturated heterocycles. The van der Waals surface area contributed by atoms with E-state index in [1.54, 1.807) is 17.0 Å². The van der Waals surface area contributed by atoms with Crippen molar-refractivity contribution < 1.29 is 24.4 Å². The molecule has 3 fully saturated rings. The topological polar surface area (TPSA) is 87.1 Å². The van der Waals surface area contributed by atoms with Gasteiger partial charge in [0, 0.05) is 6.04 Å². The van der Waals surface area contributed by atoms with Gasteiger partial charge in [-0.25, -0.2) is 0 Å². The van der Waals surface area contributed by atoms with Crippen LogP contribution in [0.15, 0.2) is 34.9 Å². The van der Waals surface area contributed by atoms with E-state index in [4.69, 9.17) is 16.3 Å². The maximum absolute atomic E-state index is 13.9. The Morgan fingerprint density at radius 3 is 2.59 bits per heavy atom. The van der Waals surface area contributed by atoms with Crippen molar-refractivity contribution in [3.63, 3.8) is 0 Å². The van der Waals surface area contributed by atoms with Crippen molar-refractivity contribution in [1.82, 2.24) is 4.90 Å². The van der Waals surface area contributed by atoms with Gasteiger partial charge in [0.2, 0.25) is 11.8 Å². The number of fused-ring (bicyclic) bond motifs is 3. The summed E-state index contributed by atoms with van der Waals surface area (Å²) in [5.41, 5.74) is 4.43. The van der Waals surface area contributed by atoms with Crippen LogP contribution >= 0.6 is 11.6 Å². The van der Waals surface area contributed by atoms with Gasteiger partial charge in [-0.3, -0.25) is 14.5 Å². The van der Waals surface area contributed by atoms with Gasteiger partial charge in [-0.05, 0) is 86.0 Å². The van der Waals surface area contributed by atoms with Crippen LogP contribution in [0.1, 0.15) is 84.1 Å². The van der Waals surface area contributed by atoms with E-state index >= 15 is 0 Å². The summed E-state index contributed by atoms with van der Waals surface area (Å²) in [6.45, 7) is 6.42. The lowest BCUT2D eigenvalue weighted by Gasteiger charge is -2.44. The normalized spacial score (nSPS) is 28.4. The number of hydrogen-bond acceptors (Lipinski definition) is 5. The summed E-state index contributed by atoms with van der Waals surface area (Å²) in [7, 11) is -0.955. The highest BCUT2D eigenvalue weighted by molar-refractivity contribution is 6.43. The van der Waals surface area contributed by atoms with Crippen LogP contribution in [0.25, 0.3) is 6.08 Å². The lowest BCUT2D eigenvalue weighted by Crippen LogP contribution is -2.47. The molecule has 39 heavy (non-hydrogen) atoms. The zero-order valence-electron chi connectivity index (χ0n) is 23.4. The Hall–Kier alpha value is -2.09. The number of halogens is 1. The molecule has 1 aromatic carbocycles. The quantitative estimate of drug-likeness (QED) is 0.232. The van der Waals surface area contributed by atoms with Crippen molar-refractivity contribution in [2.75, 3.05) is 0 Å². The van der Waals surface area contributed by atoms with Gasteiger partial charge in [0.05, 0.1) is 23.0 Å². The van der Waals surface area contributed by atoms with E-state index in [-0.39, 0.29) is 47.5 Å². The Morgan fingerprint density at radius 1 is 1.18 bits per heavy atom. The highest BCUT2D eigenvalue weighted by atomic mass is 35.5. The minimum Gasteiger partial charge on any atom is -0.508 e. The number of likely N-dealkylation sites (tertiary alicyclic amines) is 1. The monoisotopic (exact) mass is 553 g/mol. The number of aromatic hydroxyl groups is 1. The van der Waals surface area contributed by atoms with E-state index in [0.29, 0.717) is 24.2 Å². The molecule has 2 N–H and O–H groups in total. The number of imide groups is 1. The summed E-state index contributed by atoms with van der Waals surface area (Å²) in [4.78, 5) is 29.2. The van der Waals surface area contributed by atoms with Gasteiger partial charge in [-0.2, -0.15) is 0 Å². The fourth-order valence-electron chi connectivity index (χ4n) is 7.49. The number of allylic oxidation sites excluding steroid dienone is 2. The number of hydrogen-bond donors (Lipinski definition) is 2. The average molecular weight is 554 g/mol. The minimum atomic E-state index is -0.955. The number of phenols is 1. The lowest BCUT2D eigenvalue weighted by atomic mass is 9.57. The van der Waals surface area contributed by atoms with Crippen LogP contribution in [0.4, 0.5) is 0 Å². The molecule has 210 valence electrons. The van der Waals surface area contributed by atoms with E-state index in [0.717, 1.165) is 49.7 Å². The van der Waals surface area contributed by atoms with Crippen LogP contribution in [0, 0.1) is 23.7 Å². The fraction of sp³-hybridized carbons (Fsp3) is 0.613. The summed E-state index contributed by atoms with van der Waals surface area (Å²) in [5, 5.41) is 21.0. The predicted octanol–water partition coefficient (Wildman–Crippen LogP) is 6.40. The number of carbonyl (C=O) groups is 2. The van der Waals surface area contributed by atoms with Crippen molar-refractivity contribution >= 4 is 36.6 Å². The first-order valence-corrected chi connectivity index (χ1v) is 15.2. The zero-order valence-corrected chi connectivity index (χ0v) is 24.1. The van der Waals surface area contributed by atoms with E-state index in [9.17, 15) is 19.7 Å². The number of rotatable bonds is 7. The van der Waals surface area contributed by atoms with Crippen LogP contribution in [0.3, 0.4) is 0 Å². The first-order valence-electron chi connectivity index (χ1n) is 14.8. The van der Waals surface area contributed by atoms with Gasteiger partial charge in [-0.1, -0.05) is 68.9 Å². The number of amides is 2. The van der Waals surface area contributed by atoms with Gasteiger partial charge in [0.25, 0.3) is 0 Å². The van der Waals surface area contributed by atoms with Gasteiger partial charge in [0.1, 0.15) is 5.75 Å². The first-order chi connectivity index (χ1) is 18.7. The van der Waals surface area contributed by atoms with Crippen molar-refractivity contribution in [3.8, 4) is 5.75 Å². The maximum Gasteiger partial charge on any atom is 0.455 e. The molecular weight excluding hydrogens is 513 g/mol. The molecule has 1 saturated carbocycles. The fourth-order valence-corrected chi connectivity index (χ4v) is 7.72. The van der Waals surface area contributed by atoms with Gasteiger partial charge >= 0.3 is 7.12 Å². The number of benzene rings is 1. The molecule has 2 aliphatic heterocycles. The number of phenolic OH excluding ortho intramolecular Hbond substituents is 1. The lowest BCUT2D eigenvalue weighted by molar-refractivity contribution is -0.143. The standard InChI is InChI=1S/C31H41BClNO5/c1-4-19(14-20-11-12-22(35)15-26(20)33)10-13-27-28-23(18(2)3)16-24-29(25(28)17-32(38)39-27)31(37)34(30(24)36)21-8-6-5-7-9-21/h11-12,14-15,18,21,24-25,27,29,35,38H,4-10,13,16-17H2,1-3H3/b19-14+/t24-,25+,27-,29-/m1/s1. The molecule has 2 amide bonds. The molecule has 0 radical (unpaired) electrons. The van der Waals surface area contributed by atoms with Gasteiger partial charge < -0.3 is 14.8 Å². The highest BCUT2D eigenvalue weighted by Gasteiger charge is 2.58. The third kappa shape index (κ3) is 5.60. The second-order valence-electron chi connectivity index (χ2n) is 12.1. The van der Waals surface area contributed by atoms with Crippen molar-refractivity contribution in [2.24, 2.45) is 23.7 Å². The molecule has 5 rings (SSSR count). The van der Waals surface area contributed by atoms with Gasteiger partial charge in [0.15, 0.2) is 0 Å². The van der Waals surface area contributed by atoms with Crippen molar-refractivity contribution in [3.05, 3.63) is 45.5 Å². The molecule has 0 unspecified atom stereocenters. The molecule has 8 heteroatoms. The van der Waals surface area contributed by atoms with E-state index in [1.807, 2.05) is 6.07 Å². The van der Waals surface area contributed by atoms with Crippen LogP contribution in [0.5, 0.6) is 5.75 Å². The van der Waals surface area contributed by atoms with Crippen LogP contribution in [0.2, 0.25) is 11.3 Å². The number of nitrogens with zero attached hydrogens (tertiary/aromatic N) is 1. The number of carbonyl (C=O) groups excluding carboxylic acids is 2. The molecule has 6 nitrogen and oxygen atoms in total. The molecule has 4 atom stereocenters. The van der Waals surface area contributed by atoms with Crippen LogP contribution in [-0.2, 0) is 14.2 Å². The van der Waals surface area contributed by atoms with Gasteiger partial charge in [-0.15, -0.1) is 0 Å². The first kappa shape index (κ1) is 28.4. The van der Waals surface area contributed by atoms with Crippen LogP contribution in [-0.4, -0.2) is 46.1 Å². The molecule has 2 aliphatic carbocycles. The third-order valence-corrected chi connectivity index (χ3v) is 9.77. The van der Waals surface area contributed by atoms with Crippen molar-refractivity contribution in [1.29, 1.82) is 0 Å². The largest absolute Gasteiger partial charge is 0.508 e. The Labute approximate surface area is 237 Å². The van der Waals surface area contributed by atoms with E-state index in [1.165, 1.54) is 17.6 Å². The Bertz CT molecular complexity index is 1170. The smallest absolute Gasteiger partial charge is 0.455 e. The SMILES string of the molecule is CC/C(=C\c1ccc(O)cc1Cl)CC[C@H]1OB(O)C[C@H]2C1=C(C(C)C)C[C@H]1C(=O)N(C3CCCCC3)C(=O)[C@H]12. The highest BCUT2D eigenvalue weighted by Crippen LogP contribution is 2.52. The van der Waals surface area contributed by atoms with E-state index < -0.39 is 13.0 Å². The molecule has 0 bridgehead atoms. The molecular formula is C31H41BClNO5. The predicted molar refractivity (Wildman–Crippen MR) is 154 cm³/mol.